The molecule has 0 aliphatic carbocycles. The number of aromatic nitrogens is 1. The van der Waals surface area contributed by atoms with Crippen molar-refractivity contribution in [2.75, 3.05) is 51.8 Å². The highest BCUT2D eigenvalue weighted by atomic mass is 16.5. The number of methoxy groups -OCH3 is 1. The van der Waals surface area contributed by atoms with E-state index < -0.39 is 0 Å². The molecule has 208 valence electrons. The van der Waals surface area contributed by atoms with E-state index in [0.717, 1.165) is 81.5 Å². The van der Waals surface area contributed by atoms with E-state index in [4.69, 9.17) is 10.5 Å². The molecule has 0 unspecified atom stereocenters. The van der Waals surface area contributed by atoms with Crippen LogP contribution in [0.4, 0.5) is 5.69 Å². The molecular formula is C31H41N5O3. The van der Waals surface area contributed by atoms with Crippen LogP contribution in [0.5, 0.6) is 5.75 Å². The Kier molecular flexibility index (Phi) is 8.12. The number of ether oxygens (including phenoxy) is 1. The number of fused-ring (bicyclic) bond motifs is 1. The van der Waals surface area contributed by atoms with Crippen LogP contribution in [0.25, 0.3) is 10.9 Å². The van der Waals surface area contributed by atoms with Gasteiger partial charge in [0.15, 0.2) is 0 Å². The second kappa shape index (κ2) is 11.7. The fraction of sp³-hybridized carbons (Fsp3) is 0.484. The molecule has 2 fully saturated rings. The van der Waals surface area contributed by atoms with Gasteiger partial charge in [-0.25, -0.2) is 0 Å². The summed E-state index contributed by atoms with van der Waals surface area (Å²) in [6.45, 7) is 6.34. The average molecular weight is 532 g/mol. The first kappa shape index (κ1) is 27.1. The normalized spacial score (nSPS) is 17.5. The molecule has 0 saturated carbocycles. The van der Waals surface area contributed by atoms with Gasteiger partial charge in [-0.05, 0) is 67.8 Å². The van der Waals surface area contributed by atoms with Gasteiger partial charge in [-0.2, -0.15) is 0 Å². The van der Waals surface area contributed by atoms with Gasteiger partial charge in [-0.15, -0.1) is 0 Å². The number of likely N-dealkylation sites (tertiary alicyclic amines) is 2. The average Bonchev–Trinajstić information content (AvgIpc) is 3.39. The fourth-order valence-electron chi connectivity index (χ4n) is 6.40. The molecule has 1 aromatic heterocycles. The van der Waals surface area contributed by atoms with Gasteiger partial charge >= 0.3 is 0 Å². The van der Waals surface area contributed by atoms with E-state index in [2.05, 4.69) is 51.9 Å². The molecule has 2 aliphatic rings. The number of primary amides is 1. The maximum absolute atomic E-state index is 11.8. The van der Waals surface area contributed by atoms with Crippen LogP contribution < -0.4 is 15.4 Å². The maximum atomic E-state index is 11.8. The Labute approximate surface area is 231 Å². The molecular weight excluding hydrogens is 490 g/mol. The topological polar surface area (TPSA) is 84.0 Å². The lowest BCUT2D eigenvalue weighted by atomic mass is 9.99. The van der Waals surface area contributed by atoms with Crippen molar-refractivity contribution < 1.29 is 14.3 Å². The maximum Gasteiger partial charge on any atom is 0.248 e. The van der Waals surface area contributed by atoms with Gasteiger partial charge in [0.2, 0.25) is 11.8 Å². The van der Waals surface area contributed by atoms with Crippen molar-refractivity contribution in [3.8, 4) is 5.75 Å². The summed E-state index contributed by atoms with van der Waals surface area (Å²) >= 11 is 0. The van der Waals surface area contributed by atoms with Crippen LogP contribution in [0.3, 0.4) is 0 Å². The van der Waals surface area contributed by atoms with Crippen LogP contribution in [0.15, 0.2) is 48.7 Å². The minimum atomic E-state index is -0.387. The number of anilines is 1. The number of benzene rings is 2. The zero-order valence-corrected chi connectivity index (χ0v) is 23.4. The van der Waals surface area contributed by atoms with E-state index in [-0.39, 0.29) is 11.8 Å². The third-order valence-corrected chi connectivity index (χ3v) is 8.80. The first-order valence-electron chi connectivity index (χ1n) is 14.1. The molecule has 0 bridgehead atoms. The number of nitrogens with zero attached hydrogens (tertiary/aromatic N) is 4. The van der Waals surface area contributed by atoms with Crippen LogP contribution in [-0.2, 0) is 11.2 Å². The Morgan fingerprint density at radius 1 is 1.03 bits per heavy atom. The fourth-order valence-corrected chi connectivity index (χ4v) is 6.40. The number of nitrogens with two attached hydrogens (primary N) is 1. The summed E-state index contributed by atoms with van der Waals surface area (Å²) in [6.07, 6.45) is 7.17. The highest BCUT2D eigenvalue weighted by Gasteiger charge is 2.27. The molecule has 8 nitrogen and oxygen atoms in total. The number of hydrogen-bond acceptors (Lipinski definition) is 5. The molecule has 8 heteroatoms. The van der Waals surface area contributed by atoms with Crippen LogP contribution in [0.1, 0.15) is 54.6 Å². The van der Waals surface area contributed by atoms with Crippen molar-refractivity contribution in [1.82, 2.24) is 14.4 Å². The van der Waals surface area contributed by atoms with Crippen molar-refractivity contribution >= 4 is 28.4 Å². The number of rotatable bonds is 8. The SMILES string of the molecule is COc1cccc(N(C)C2CCN(C(C)=O)CC2)c1CCN1CCC(n2ccc3ccc(C(N)=O)cc32)CC1. The Balaban J connectivity index is 1.23. The van der Waals surface area contributed by atoms with E-state index in [0.29, 0.717) is 17.6 Å². The summed E-state index contributed by atoms with van der Waals surface area (Å²) in [6, 6.07) is 15.0. The predicted molar refractivity (Wildman–Crippen MR) is 156 cm³/mol. The van der Waals surface area contributed by atoms with Gasteiger partial charge < -0.3 is 29.7 Å². The summed E-state index contributed by atoms with van der Waals surface area (Å²) in [7, 11) is 3.94. The molecule has 3 heterocycles. The van der Waals surface area contributed by atoms with Crippen LogP contribution >= 0.6 is 0 Å². The molecule has 0 radical (unpaired) electrons. The lowest BCUT2D eigenvalue weighted by Gasteiger charge is -2.38. The van der Waals surface area contributed by atoms with Gasteiger partial charge in [-0.3, -0.25) is 9.59 Å². The standard InChI is InChI=1S/C31H41N5O3/c1-22(37)35-18-12-25(13-19-35)33(2)28-5-4-6-30(39-3)27(28)14-17-34-15-10-26(11-16-34)36-20-9-23-7-8-24(31(32)38)21-29(23)36/h4-9,20-21,25-26H,10-19H2,1-3H3,(H2,32,38). The Hall–Kier alpha value is -3.52. The Bertz CT molecular complexity index is 1320. The van der Waals surface area contributed by atoms with Gasteiger partial charge in [0.1, 0.15) is 5.75 Å². The molecule has 2 N–H and O–H groups in total. The molecule has 0 atom stereocenters. The third-order valence-electron chi connectivity index (χ3n) is 8.80. The van der Waals surface area contributed by atoms with Gasteiger partial charge in [0.05, 0.1) is 7.11 Å². The summed E-state index contributed by atoms with van der Waals surface area (Å²) in [4.78, 5) is 30.4. The molecule has 0 spiro atoms. The zero-order chi connectivity index (χ0) is 27.5. The summed E-state index contributed by atoms with van der Waals surface area (Å²) < 4.78 is 8.13. The summed E-state index contributed by atoms with van der Waals surface area (Å²) in [5.74, 6) is 0.726. The molecule has 5 rings (SSSR count). The lowest BCUT2D eigenvalue weighted by Crippen LogP contribution is -2.45. The van der Waals surface area contributed by atoms with Gasteiger partial charge in [0.25, 0.3) is 0 Å². The molecule has 39 heavy (non-hydrogen) atoms. The van der Waals surface area contributed by atoms with Crippen molar-refractivity contribution in [2.45, 2.75) is 51.1 Å². The van der Waals surface area contributed by atoms with Crippen molar-refractivity contribution in [3.05, 3.63) is 59.8 Å². The quantitative estimate of drug-likeness (QED) is 0.474. The second-order valence-corrected chi connectivity index (χ2v) is 11.0. The predicted octanol–water partition coefficient (Wildman–Crippen LogP) is 4.08. The molecule has 2 saturated heterocycles. The zero-order valence-electron chi connectivity index (χ0n) is 23.4. The number of hydrogen-bond donors (Lipinski definition) is 1. The molecule has 3 aromatic rings. The number of carbonyl (C=O) groups is 2. The van der Waals surface area contributed by atoms with E-state index in [9.17, 15) is 9.59 Å². The molecule has 2 aliphatic heterocycles. The van der Waals surface area contributed by atoms with E-state index in [1.807, 2.05) is 17.0 Å². The van der Waals surface area contributed by atoms with E-state index in [1.54, 1.807) is 20.1 Å². The highest BCUT2D eigenvalue weighted by molar-refractivity contribution is 5.97. The van der Waals surface area contributed by atoms with Gasteiger partial charge in [0, 0.05) is 87.3 Å². The minimum Gasteiger partial charge on any atom is -0.496 e. The summed E-state index contributed by atoms with van der Waals surface area (Å²) in [5, 5.41) is 1.14. The first-order valence-corrected chi connectivity index (χ1v) is 14.1. The minimum absolute atomic E-state index is 0.169. The Morgan fingerprint density at radius 3 is 2.44 bits per heavy atom. The monoisotopic (exact) mass is 531 g/mol. The van der Waals surface area contributed by atoms with Gasteiger partial charge in [-0.1, -0.05) is 12.1 Å². The van der Waals surface area contributed by atoms with E-state index in [1.165, 1.54) is 11.3 Å². The highest BCUT2D eigenvalue weighted by Crippen LogP contribution is 2.33. The summed E-state index contributed by atoms with van der Waals surface area (Å²) in [5.41, 5.74) is 9.66. The molecule has 2 amide bonds. The smallest absolute Gasteiger partial charge is 0.248 e. The molecule has 2 aromatic carbocycles. The van der Waals surface area contributed by atoms with Crippen LogP contribution in [0.2, 0.25) is 0 Å². The van der Waals surface area contributed by atoms with Crippen molar-refractivity contribution in [3.63, 3.8) is 0 Å². The largest absolute Gasteiger partial charge is 0.496 e. The third kappa shape index (κ3) is 5.76. The van der Waals surface area contributed by atoms with Crippen molar-refractivity contribution in [1.29, 1.82) is 0 Å². The van der Waals surface area contributed by atoms with Crippen LogP contribution in [0, 0.1) is 0 Å². The number of carbonyl (C=O) groups excluding carboxylic acids is 2. The Morgan fingerprint density at radius 2 is 1.77 bits per heavy atom. The van der Waals surface area contributed by atoms with E-state index >= 15 is 0 Å². The number of amides is 2. The number of piperidine rings is 2. The second-order valence-electron chi connectivity index (χ2n) is 11.0. The van der Waals surface area contributed by atoms with Crippen molar-refractivity contribution in [2.24, 2.45) is 5.73 Å². The first-order chi connectivity index (χ1) is 18.9. The van der Waals surface area contributed by atoms with Crippen LogP contribution in [-0.4, -0.2) is 79.1 Å². The lowest BCUT2D eigenvalue weighted by molar-refractivity contribution is -0.129.